The Morgan fingerprint density at radius 3 is 2.21 bits per heavy atom. The first-order chi connectivity index (χ1) is 15.5. The predicted octanol–water partition coefficient (Wildman–Crippen LogP) is 4.69. The number of alkyl halides is 3. The van der Waals surface area contributed by atoms with Crippen molar-refractivity contribution in [2.75, 3.05) is 23.3 Å². The van der Waals surface area contributed by atoms with E-state index in [1.54, 1.807) is 0 Å². The number of rotatable bonds is 7. The summed E-state index contributed by atoms with van der Waals surface area (Å²) >= 11 is 0. The van der Waals surface area contributed by atoms with Gasteiger partial charge >= 0.3 is 6.18 Å². The first kappa shape index (κ1) is 24.1. The average Bonchev–Trinajstić information content (AvgIpc) is 2.77. The topological polar surface area (TPSA) is 75.7 Å². The van der Waals surface area contributed by atoms with Crippen LogP contribution in [0.15, 0.2) is 77.7 Å². The van der Waals surface area contributed by atoms with Crippen molar-refractivity contribution >= 4 is 27.3 Å². The second kappa shape index (κ2) is 9.49. The summed E-state index contributed by atoms with van der Waals surface area (Å²) in [5.74, 6) is -1.09. The molecular formula is C22H18F4N2O4S. The Hall–Kier alpha value is -3.60. The third-order valence-electron chi connectivity index (χ3n) is 4.52. The van der Waals surface area contributed by atoms with Gasteiger partial charge < -0.3 is 10.1 Å². The SMILES string of the molecule is COc1ccc(N(CC(=O)Nc2cccc(C(F)(F)F)c2)S(=O)(=O)c2ccc(F)cc2)cc1. The number of hydrogen-bond acceptors (Lipinski definition) is 4. The molecule has 0 heterocycles. The second-order valence-corrected chi connectivity index (χ2v) is 8.65. The maximum atomic E-state index is 13.3. The van der Waals surface area contributed by atoms with E-state index in [1.807, 2.05) is 0 Å². The number of nitrogens with one attached hydrogen (secondary N) is 1. The zero-order valence-corrected chi connectivity index (χ0v) is 18.0. The molecule has 0 aliphatic rings. The first-order valence-electron chi connectivity index (χ1n) is 9.40. The molecule has 0 fully saturated rings. The molecule has 0 unspecified atom stereocenters. The molecule has 0 aliphatic carbocycles. The second-order valence-electron chi connectivity index (χ2n) is 6.79. The molecule has 0 saturated carbocycles. The number of amides is 1. The van der Waals surface area contributed by atoms with Gasteiger partial charge in [0, 0.05) is 5.69 Å². The van der Waals surface area contributed by atoms with Crippen LogP contribution < -0.4 is 14.4 Å². The zero-order valence-electron chi connectivity index (χ0n) is 17.1. The largest absolute Gasteiger partial charge is 0.497 e. The lowest BCUT2D eigenvalue weighted by molar-refractivity contribution is -0.137. The summed E-state index contributed by atoms with van der Waals surface area (Å²) in [6, 6.07) is 13.7. The van der Waals surface area contributed by atoms with Crippen LogP contribution in [-0.4, -0.2) is 28.0 Å². The van der Waals surface area contributed by atoms with Gasteiger partial charge in [-0.3, -0.25) is 9.10 Å². The molecule has 0 aliphatic heterocycles. The Bertz CT molecular complexity index is 1230. The lowest BCUT2D eigenvalue weighted by Crippen LogP contribution is -2.38. The maximum absolute atomic E-state index is 13.3. The summed E-state index contributed by atoms with van der Waals surface area (Å²) in [7, 11) is -2.90. The fraction of sp³-hybridized carbons (Fsp3) is 0.136. The molecule has 1 amide bonds. The summed E-state index contributed by atoms with van der Waals surface area (Å²) in [6.07, 6.45) is -4.61. The highest BCUT2D eigenvalue weighted by Crippen LogP contribution is 2.31. The summed E-state index contributed by atoms with van der Waals surface area (Å²) in [5, 5.41) is 2.28. The quantitative estimate of drug-likeness (QED) is 0.496. The number of anilines is 2. The molecule has 174 valence electrons. The van der Waals surface area contributed by atoms with Gasteiger partial charge in [0.25, 0.3) is 10.0 Å². The molecule has 11 heteroatoms. The van der Waals surface area contributed by atoms with Gasteiger partial charge in [-0.2, -0.15) is 13.2 Å². The highest BCUT2D eigenvalue weighted by molar-refractivity contribution is 7.92. The van der Waals surface area contributed by atoms with Gasteiger partial charge in [-0.05, 0) is 66.7 Å². The molecule has 0 aromatic heterocycles. The molecule has 0 radical (unpaired) electrons. The Morgan fingerprint density at radius 2 is 1.64 bits per heavy atom. The van der Waals surface area contributed by atoms with E-state index in [0.29, 0.717) is 5.75 Å². The maximum Gasteiger partial charge on any atom is 0.416 e. The van der Waals surface area contributed by atoms with E-state index in [0.717, 1.165) is 46.8 Å². The number of carbonyl (C=O) groups excluding carboxylic acids is 1. The zero-order chi connectivity index (χ0) is 24.2. The van der Waals surface area contributed by atoms with E-state index in [2.05, 4.69) is 5.32 Å². The molecule has 3 aromatic rings. The Kier molecular flexibility index (Phi) is 6.92. The van der Waals surface area contributed by atoms with Gasteiger partial charge in [0.15, 0.2) is 0 Å². The van der Waals surface area contributed by atoms with Crippen LogP contribution in [-0.2, 0) is 21.0 Å². The fourth-order valence-electron chi connectivity index (χ4n) is 2.90. The van der Waals surface area contributed by atoms with Gasteiger partial charge in [0.05, 0.1) is 23.3 Å². The molecular weight excluding hydrogens is 464 g/mol. The van der Waals surface area contributed by atoms with Crippen LogP contribution in [0.3, 0.4) is 0 Å². The van der Waals surface area contributed by atoms with E-state index in [4.69, 9.17) is 4.74 Å². The lowest BCUT2D eigenvalue weighted by atomic mass is 10.2. The molecule has 0 spiro atoms. The van der Waals surface area contributed by atoms with E-state index in [9.17, 15) is 30.8 Å². The first-order valence-corrected chi connectivity index (χ1v) is 10.8. The number of ether oxygens (including phenoxy) is 1. The fourth-order valence-corrected chi connectivity index (χ4v) is 4.32. The van der Waals surface area contributed by atoms with Gasteiger partial charge in [0.1, 0.15) is 18.1 Å². The summed E-state index contributed by atoms with van der Waals surface area (Å²) in [4.78, 5) is 12.4. The molecule has 0 bridgehead atoms. The third-order valence-corrected chi connectivity index (χ3v) is 6.31. The smallest absolute Gasteiger partial charge is 0.416 e. The minimum absolute atomic E-state index is 0.0966. The average molecular weight is 482 g/mol. The Morgan fingerprint density at radius 1 is 1.00 bits per heavy atom. The van der Waals surface area contributed by atoms with Crippen LogP contribution in [0.5, 0.6) is 5.75 Å². The molecule has 0 saturated heterocycles. The molecule has 3 aromatic carbocycles. The number of hydrogen-bond donors (Lipinski definition) is 1. The minimum atomic E-state index is -4.61. The van der Waals surface area contributed by atoms with Crippen LogP contribution in [0.1, 0.15) is 5.56 Å². The van der Waals surface area contributed by atoms with Crippen molar-refractivity contribution in [1.82, 2.24) is 0 Å². The van der Waals surface area contributed by atoms with E-state index in [1.165, 1.54) is 37.4 Å². The lowest BCUT2D eigenvalue weighted by Gasteiger charge is -2.24. The Balaban J connectivity index is 1.92. The molecule has 1 N–H and O–H groups in total. The van der Waals surface area contributed by atoms with E-state index in [-0.39, 0.29) is 16.3 Å². The molecule has 0 atom stereocenters. The number of methoxy groups -OCH3 is 1. The van der Waals surface area contributed by atoms with Gasteiger partial charge in [-0.1, -0.05) is 6.07 Å². The minimum Gasteiger partial charge on any atom is -0.497 e. The van der Waals surface area contributed by atoms with Crippen LogP contribution in [0, 0.1) is 5.82 Å². The highest BCUT2D eigenvalue weighted by Gasteiger charge is 2.31. The van der Waals surface area contributed by atoms with Crippen LogP contribution in [0.25, 0.3) is 0 Å². The number of sulfonamides is 1. The molecule has 6 nitrogen and oxygen atoms in total. The van der Waals surface area contributed by atoms with E-state index < -0.39 is 40.0 Å². The van der Waals surface area contributed by atoms with Crippen molar-refractivity contribution < 1.29 is 35.5 Å². The van der Waals surface area contributed by atoms with Gasteiger partial charge in [-0.15, -0.1) is 0 Å². The Labute approximate surface area is 187 Å². The number of halogens is 4. The summed E-state index contributed by atoms with van der Waals surface area (Å²) in [5.41, 5.74) is -1.02. The van der Waals surface area contributed by atoms with Gasteiger partial charge in [-0.25, -0.2) is 12.8 Å². The van der Waals surface area contributed by atoms with Crippen molar-refractivity contribution in [2.24, 2.45) is 0 Å². The van der Waals surface area contributed by atoms with E-state index >= 15 is 0 Å². The molecule has 3 rings (SSSR count). The van der Waals surface area contributed by atoms with Crippen molar-refractivity contribution in [3.05, 3.63) is 84.2 Å². The normalized spacial score (nSPS) is 11.7. The third kappa shape index (κ3) is 5.80. The van der Waals surface area contributed by atoms with Crippen molar-refractivity contribution in [3.8, 4) is 5.75 Å². The molecule has 33 heavy (non-hydrogen) atoms. The van der Waals surface area contributed by atoms with Crippen molar-refractivity contribution in [3.63, 3.8) is 0 Å². The van der Waals surface area contributed by atoms with Gasteiger partial charge in [0.2, 0.25) is 5.91 Å². The van der Waals surface area contributed by atoms with Crippen LogP contribution >= 0.6 is 0 Å². The summed E-state index contributed by atoms with van der Waals surface area (Å²) in [6.45, 7) is -0.748. The van der Waals surface area contributed by atoms with Crippen LogP contribution in [0.4, 0.5) is 28.9 Å². The number of carbonyl (C=O) groups is 1. The number of nitrogens with zero attached hydrogens (tertiary/aromatic N) is 1. The van der Waals surface area contributed by atoms with Crippen LogP contribution in [0.2, 0.25) is 0 Å². The summed E-state index contributed by atoms with van der Waals surface area (Å²) < 4.78 is 84.3. The standard InChI is InChI=1S/C22H18F4N2O4S/c1-32-19-9-7-18(8-10-19)28(33(30,31)20-11-5-16(23)6-12-20)14-21(29)27-17-4-2-3-15(13-17)22(24,25)26/h2-13H,14H2,1H3,(H,27,29). The predicted molar refractivity (Wildman–Crippen MR) is 114 cm³/mol. The van der Waals surface area contributed by atoms with Crippen molar-refractivity contribution in [2.45, 2.75) is 11.1 Å². The number of benzene rings is 3. The highest BCUT2D eigenvalue weighted by atomic mass is 32.2. The van der Waals surface area contributed by atoms with Crippen molar-refractivity contribution in [1.29, 1.82) is 0 Å². The monoisotopic (exact) mass is 482 g/mol.